The molecule has 2 unspecified atom stereocenters. The molecule has 1 aromatic heterocycles. The van der Waals surface area contributed by atoms with E-state index < -0.39 is 0 Å². The molecule has 0 fully saturated rings. The fourth-order valence-electron chi connectivity index (χ4n) is 2.87. The summed E-state index contributed by atoms with van der Waals surface area (Å²) in [5.74, 6) is 0. The number of rotatable bonds is 4. The van der Waals surface area contributed by atoms with Crippen molar-refractivity contribution in [1.82, 2.24) is 14.9 Å². The molecule has 0 amide bonds. The van der Waals surface area contributed by atoms with Gasteiger partial charge in [-0.1, -0.05) is 17.7 Å². The molecule has 3 rings (SSSR count). The molecule has 0 saturated heterocycles. The first-order chi connectivity index (χ1) is 9.20. The van der Waals surface area contributed by atoms with Gasteiger partial charge in [0.25, 0.3) is 0 Å². The topological polar surface area (TPSA) is 29.9 Å². The van der Waals surface area contributed by atoms with Crippen molar-refractivity contribution in [3.63, 3.8) is 0 Å². The Kier molecular flexibility index (Phi) is 3.58. The van der Waals surface area contributed by atoms with Crippen molar-refractivity contribution in [2.45, 2.75) is 38.4 Å². The van der Waals surface area contributed by atoms with E-state index in [1.54, 1.807) is 0 Å². The van der Waals surface area contributed by atoms with E-state index in [2.05, 4.69) is 33.9 Å². The van der Waals surface area contributed by atoms with Crippen LogP contribution in [0.1, 0.15) is 18.1 Å². The maximum absolute atomic E-state index is 6.04. The van der Waals surface area contributed by atoms with Crippen molar-refractivity contribution in [3.05, 3.63) is 53.1 Å². The van der Waals surface area contributed by atoms with Gasteiger partial charge in [-0.2, -0.15) is 0 Å². The highest BCUT2D eigenvalue weighted by Gasteiger charge is 2.22. The van der Waals surface area contributed by atoms with E-state index in [4.69, 9.17) is 11.6 Å². The third-order valence-electron chi connectivity index (χ3n) is 3.67. The molecule has 0 bridgehead atoms. The van der Waals surface area contributed by atoms with Crippen molar-refractivity contribution in [1.29, 1.82) is 0 Å². The third-order valence-corrected chi connectivity index (χ3v) is 3.90. The van der Waals surface area contributed by atoms with E-state index in [9.17, 15) is 0 Å². The van der Waals surface area contributed by atoms with E-state index in [1.807, 2.05) is 24.8 Å². The van der Waals surface area contributed by atoms with Gasteiger partial charge in [-0.05, 0) is 43.0 Å². The fourth-order valence-corrected chi connectivity index (χ4v) is 3.07. The Morgan fingerprint density at radius 2 is 2.26 bits per heavy atom. The monoisotopic (exact) mass is 275 g/mol. The quantitative estimate of drug-likeness (QED) is 0.930. The van der Waals surface area contributed by atoms with Gasteiger partial charge >= 0.3 is 0 Å². The van der Waals surface area contributed by atoms with Crippen LogP contribution in [0.3, 0.4) is 0 Å². The minimum absolute atomic E-state index is 0.434. The van der Waals surface area contributed by atoms with Gasteiger partial charge in [-0.15, -0.1) is 0 Å². The molecule has 1 heterocycles. The lowest BCUT2D eigenvalue weighted by molar-refractivity contribution is 0.414. The summed E-state index contributed by atoms with van der Waals surface area (Å²) in [7, 11) is 0. The first kappa shape index (κ1) is 12.7. The molecule has 0 aliphatic heterocycles. The summed E-state index contributed by atoms with van der Waals surface area (Å²) in [6, 6.07) is 7.19. The molecular weight excluding hydrogens is 258 g/mol. The number of hydrogen-bond acceptors (Lipinski definition) is 2. The lowest BCUT2D eigenvalue weighted by Crippen LogP contribution is -2.39. The van der Waals surface area contributed by atoms with E-state index in [1.165, 1.54) is 11.1 Å². The smallest absolute Gasteiger partial charge is 0.0946 e. The summed E-state index contributed by atoms with van der Waals surface area (Å²) in [6.45, 7) is 3.17. The molecule has 2 atom stereocenters. The van der Waals surface area contributed by atoms with Crippen molar-refractivity contribution in [2.24, 2.45) is 0 Å². The van der Waals surface area contributed by atoms with Gasteiger partial charge in [0.15, 0.2) is 0 Å². The van der Waals surface area contributed by atoms with Crippen molar-refractivity contribution >= 4 is 11.6 Å². The molecule has 1 aliphatic rings. The molecule has 0 spiro atoms. The third kappa shape index (κ3) is 2.99. The Morgan fingerprint density at radius 3 is 3.05 bits per heavy atom. The number of fused-ring (bicyclic) bond motifs is 1. The average Bonchev–Trinajstić information content (AvgIpc) is 2.97. The molecule has 4 heteroatoms. The van der Waals surface area contributed by atoms with Crippen LogP contribution in [-0.4, -0.2) is 21.6 Å². The number of aromatic nitrogens is 2. The van der Waals surface area contributed by atoms with Gasteiger partial charge in [0.05, 0.1) is 6.33 Å². The highest BCUT2D eigenvalue weighted by Crippen LogP contribution is 2.25. The highest BCUT2D eigenvalue weighted by molar-refractivity contribution is 6.30. The lowest BCUT2D eigenvalue weighted by Gasteiger charge is -2.19. The normalized spacial score (nSPS) is 19.4. The molecular formula is C15H18ClN3. The summed E-state index contributed by atoms with van der Waals surface area (Å²) < 4.78 is 2.11. The largest absolute Gasteiger partial charge is 0.336 e. The predicted octanol–water partition coefficient (Wildman–Crippen LogP) is 2.68. The SMILES string of the molecule is CC(Cn1ccnc1)NC1Cc2ccc(Cl)cc2C1. The number of halogens is 1. The minimum Gasteiger partial charge on any atom is -0.336 e. The standard InChI is InChI=1S/C15H18ClN3/c1-11(9-19-5-4-17-10-19)18-15-7-12-2-3-14(16)6-13(12)8-15/h2-6,10-11,15,18H,7-9H2,1H3. The van der Waals surface area contributed by atoms with Crippen molar-refractivity contribution in [2.75, 3.05) is 0 Å². The van der Waals surface area contributed by atoms with E-state index in [0.29, 0.717) is 12.1 Å². The lowest BCUT2D eigenvalue weighted by atomic mass is 10.1. The summed E-state index contributed by atoms with van der Waals surface area (Å²) in [5.41, 5.74) is 2.82. The van der Waals surface area contributed by atoms with Crippen LogP contribution in [0.5, 0.6) is 0 Å². The summed E-state index contributed by atoms with van der Waals surface area (Å²) in [5, 5.41) is 4.53. The fraction of sp³-hybridized carbons (Fsp3) is 0.400. The molecule has 100 valence electrons. The maximum atomic E-state index is 6.04. The van der Waals surface area contributed by atoms with Crippen LogP contribution in [0.2, 0.25) is 5.02 Å². The maximum Gasteiger partial charge on any atom is 0.0946 e. The Morgan fingerprint density at radius 1 is 1.42 bits per heavy atom. The molecule has 3 nitrogen and oxygen atoms in total. The van der Waals surface area contributed by atoms with Gasteiger partial charge in [0, 0.05) is 36.0 Å². The molecule has 0 radical (unpaired) electrons. The highest BCUT2D eigenvalue weighted by atomic mass is 35.5. The van der Waals surface area contributed by atoms with E-state index in [-0.39, 0.29) is 0 Å². The Balaban J connectivity index is 1.58. The average molecular weight is 276 g/mol. The Bertz CT molecular complexity index is 551. The predicted molar refractivity (Wildman–Crippen MR) is 77.5 cm³/mol. The second-order valence-corrected chi connectivity index (χ2v) is 5.78. The molecule has 2 aromatic rings. The summed E-state index contributed by atoms with van der Waals surface area (Å²) in [4.78, 5) is 4.07. The van der Waals surface area contributed by atoms with E-state index >= 15 is 0 Å². The Labute approximate surface area is 118 Å². The zero-order valence-corrected chi connectivity index (χ0v) is 11.8. The van der Waals surface area contributed by atoms with Gasteiger partial charge in [0.1, 0.15) is 0 Å². The molecule has 19 heavy (non-hydrogen) atoms. The number of imidazole rings is 1. The van der Waals surface area contributed by atoms with Crippen LogP contribution in [0.4, 0.5) is 0 Å². The van der Waals surface area contributed by atoms with E-state index in [0.717, 1.165) is 24.4 Å². The first-order valence-electron chi connectivity index (χ1n) is 6.70. The van der Waals surface area contributed by atoms with Gasteiger partial charge < -0.3 is 9.88 Å². The Hall–Kier alpha value is -1.32. The van der Waals surface area contributed by atoms with Crippen LogP contribution in [0, 0.1) is 0 Å². The number of hydrogen-bond donors (Lipinski definition) is 1. The van der Waals surface area contributed by atoms with Crippen LogP contribution in [0.15, 0.2) is 36.9 Å². The molecule has 1 aromatic carbocycles. The molecule has 1 N–H and O–H groups in total. The van der Waals surface area contributed by atoms with Gasteiger partial charge in [-0.25, -0.2) is 4.98 Å². The van der Waals surface area contributed by atoms with Gasteiger partial charge in [-0.3, -0.25) is 0 Å². The van der Waals surface area contributed by atoms with Crippen molar-refractivity contribution < 1.29 is 0 Å². The summed E-state index contributed by atoms with van der Waals surface area (Å²) in [6.07, 6.45) is 7.85. The van der Waals surface area contributed by atoms with Crippen LogP contribution >= 0.6 is 11.6 Å². The van der Waals surface area contributed by atoms with Gasteiger partial charge in [0.2, 0.25) is 0 Å². The first-order valence-corrected chi connectivity index (χ1v) is 7.07. The minimum atomic E-state index is 0.434. The second kappa shape index (κ2) is 5.35. The summed E-state index contributed by atoms with van der Waals surface area (Å²) >= 11 is 6.04. The zero-order valence-electron chi connectivity index (χ0n) is 11.0. The molecule has 1 aliphatic carbocycles. The second-order valence-electron chi connectivity index (χ2n) is 5.35. The number of benzene rings is 1. The van der Waals surface area contributed by atoms with Crippen LogP contribution in [0.25, 0.3) is 0 Å². The van der Waals surface area contributed by atoms with Crippen LogP contribution < -0.4 is 5.32 Å². The number of nitrogens with one attached hydrogen (secondary N) is 1. The van der Waals surface area contributed by atoms with Crippen molar-refractivity contribution in [3.8, 4) is 0 Å². The zero-order chi connectivity index (χ0) is 13.2. The molecule has 0 saturated carbocycles. The van der Waals surface area contributed by atoms with Crippen LogP contribution in [-0.2, 0) is 19.4 Å². The number of nitrogens with zero attached hydrogens (tertiary/aromatic N) is 2.